The third kappa shape index (κ3) is 3.51. The van der Waals surface area contributed by atoms with Crippen LogP contribution in [0.2, 0.25) is 0 Å². The SMILES string of the molecule is CC(C)NC(=O)Nc1ccc(F)c(CN)c1. The Morgan fingerprint density at radius 3 is 2.75 bits per heavy atom. The van der Waals surface area contributed by atoms with Crippen LogP contribution in [0.25, 0.3) is 0 Å². The summed E-state index contributed by atoms with van der Waals surface area (Å²) in [4.78, 5) is 11.4. The number of benzene rings is 1. The molecule has 1 aromatic carbocycles. The fourth-order valence-electron chi connectivity index (χ4n) is 1.24. The minimum atomic E-state index is -0.364. The van der Waals surface area contributed by atoms with Crippen LogP contribution < -0.4 is 16.4 Å². The molecule has 4 N–H and O–H groups in total. The van der Waals surface area contributed by atoms with Crippen LogP contribution in [0.1, 0.15) is 19.4 Å². The molecular weight excluding hydrogens is 209 g/mol. The molecule has 0 unspecified atom stereocenters. The lowest BCUT2D eigenvalue weighted by molar-refractivity contribution is 0.250. The molecule has 2 amide bonds. The van der Waals surface area contributed by atoms with E-state index >= 15 is 0 Å². The number of hydrogen-bond acceptors (Lipinski definition) is 2. The molecule has 4 nitrogen and oxygen atoms in total. The molecule has 1 aromatic rings. The largest absolute Gasteiger partial charge is 0.336 e. The Hall–Kier alpha value is -1.62. The van der Waals surface area contributed by atoms with E-state index in [-0.39, 0.29) is 24.4 Å². The third-order valence-corrected chi connectivity index (χ3v) is 1.94. The zero-order valence-electron chi connectivity index (χ0n) is 9.38. The Bertz CT molecular complexity index is 379. The van der Waals surface area contributed by atoms with Gasteiger partial charge in [-0.15, -0.1) is 0 Å². The molecule has 1 rings (SSSR count). The van der Waals surface area contributed by atoms with Crippen molar-refractivity contribution in [3.63, 3.8) is 0 Å². The van der Waals surface area contributed by atoms with Crippen molar-refractivity contribution in [3.05, 3.63) is 29.6 Å². The fraction of sp³-hybridized carbons (Fsp3) is 0.364. The number of urea groups is 1. The van der Waals surface area contributed by atoms with Crippen molar-refractivity contribution in [2.45, 2.75) is 26.4 Å². The van der Waals surface area contributed by atoms with E-state index in [4.69, 9.17) is 5.73 Å². The lowest BCUT2D eigenvalue weighted by Gasteiger charge is -2.11. The van der Waals surface area contributed by atoms with E-state index < -0.39 is 0 Å². The number of carbonyl (C=O) groups is 1. The molecule has 0 bridgehead atoms. The third-order valence-electron chi connectivity index (χ3n) is 1.94. The molecule has 88 valence electrons. The van der Waals surface area contributed by atoms with Gasteiger partial charge in [0.2, 0.25) is 0 Å². The van der Waals surface area contributed by atoms with E-state index in [1.807, 2.05) is 13.8 Å². The van der Waals surface area contributed by atoms with Crippen molar-refractivity contribution in [2.24, 2.45) is 5.73 Å². The second-order valence-corrected chi connectivity index (χ2v) is 3.76. The van der Waals surface area contributed by atoms with E-state index in [1.165, 1.54) is 18.2 Å². The molecule has 0 aliphatic carbocycles. The highest BCUT2D eigenvalue weighted by molar-refractivity contribution is 5.89. The number of nitrogens with two attached hydrogens (primary N) is 1. The van der Waals surface area contributed by atoms with Crippen LogP contribution in [-0.2, 0) is 6.54 Å². The Morgan fingerprint density at radius 1 is 1.50 bits per heavy atom. The topological polar surface area (TPSA) is 67.2 Å². The number of hydrogen-bond donors (Lipinski definition) is 3. The van der Waals surface area contributed by atoms with Crippen LogP contribution in [-0.4, -0.2) is 12.1 Å². The van der Waals surface area contributed by atoms with Crippen LogP contribution >= 0.6 is 0 Å². The minimum absolute atomic E-state index is 0.0504. The molecule has 0 fully saturated rings. The molecule has 0 aromatic heterocycles. The predicted molar refractivity (Wildman–Crippen MR) is 61.6 cm³/mol. The van der Waals surface area contributed by atoms with Gasteiger partial charge in [-0.05, 0) is 32.0 Å². The first-order valence-corrected chi connectivity index (χ1v) is 5.09. The molecule has 0 spiro atoms. The van der Waals surface area contributed by atoms with Gasteiger partial charge in [0, 0.05) is 23.8 Å². The number of rotatable bonds is 3. The summed E-state index contributed by atoms with van der Waals surface area (Å²) in [6, 6.07) is 4.04. The molecule has 16 heavy (non-hydrogen) atoms. The Kier molecular flexibility index (Phi) is 4.25. The maximum absolute atomic E-state index is 13.1. The van der Waals surface area contributed by atoms with E-state index in [1.54, 1.807) is 0 Å². The number of halogens is 1. The van der Waals surface area contributed by atoms with Crippen LogP contribution in [0.15, 0.2) is 18.2 Å². The molecule has 0 atom stereocenters. The number of carbonyl (C=O) groups excluding carboxylic acids is 1. The van der Waals surface area contributed by atoms with E-state index in [9.17, 15) is 9.18 Å². The molecule has 0 aliphatic rings. The number of anilines is 1. The summed E-state index contributed by atoms with van der Waals surface area (Å²) in [6.45, 7) is 3.82. The summed E-state index contributed by atoms with van der Waals surface area (Å²) >= 11 is 0. The fourth-order valence-corrected chi connectivity index (χ4v) is 1.24. The first kappa shape index (κ1) is 12.4. The minimum Gasteiger partial charge on any atom is -0.336 e. The van der Waals surface area contributed by atoms with Gasteiger partial charge in [0.05, 0.1) is 0 Å². The smallest absolute Gasteiger partial charge is 0.319 e. The van der Waals surface area contributed by atoms with Crippen LogP contribution in [0.4, 0.5) is 14.9 Å². The second kappa shape index (κ2) is 5.46. The van der Waals surface area contributed by atoms with Crippen molar-refractivity contribution < 1.29 is 9.18 Å². The lowest BCUT2D eigenvalue weighted by atomic mass is 10.2. The Morgan fingerprint density at radius 2 is 2.19 bits per heavy atom. The average molecular weight is 225 g/mol. The highest BCUT2D eigenvalue weighted by Crippen LogP contribution is 2.14. The van der Waals surface area contributed by atoms with Crippen LogP contribution in [0.5, 0.6) is 0 Å². The summed E-state index contributed by atoms with van der Waals surface area (Å²) < 4.78 is 13.1. The van der Waals surface area contributed by atoms with Gasteiger partial charge < -0.3 is 16.4 Å². The van der Waals surface area contributed by atoms with Crippen molar-refractivity contribution in [2.75, 3.05) is 5.32 Å². The summed E-state index contributed by atoms with van der Waals surface area (Å²) in [5, 5.41) is 5.27. The average Bonchev–Trinajstić information content (AvgIpc) is 2.19. The first-order chi connectivity index (χ1) is 7.52. The second-order valence-electron chi connectivity index (χ2n) is 3.76. The highest BCUT2D eigenvalue weighted by atomic mass is 19.1. The quantitative estimate of drug-likeness (QED) is 0.734. The van der Waals surface area contributed by atoms with E-state index in [0.29, 0.717) is 11.3 Å². The van der Waals surface area contributed by atoms with Crippen molar-refractivity contribution in [1.29, 1.82) is 0 Å². The van der Waals surface area contributed by atoms with Gasteiger partial charge in [-0.25, -0.2) is 9.18 Å². The standard InChI is InChI=1S/C11H16FN3O/c1-7(2)14-11(16)15-9-3-4-10(12)8(5-9)6-13/h3-5,7H,6,13H2,1-2H3,(H2,14,15,16). The molecule has 5 heteroatoms. The van der Waals surface area contributed by atoms with Gasteiger partial charge in [-0.3, -0.25) is 0 Å². The van der Waals surface area contributed by atoms with Gasteiger partial charge >= 0.3 is 6.03 Å². The summed E-state index contributed by atoms with van der Waals surface area (Å²) in [5.74, 6) is -0.364. The molecular formula is C11H16FN3O. The maximum Gasteiger partial charge on any atom is 0.319 e. The predicted octanol–water partition coefficient (Wildman–Crippen LogP) is 1.81. The number of nitrogens with one attached hydrogen (secondary N) is 2. The van der Waals surface area contributed by atoms with Crippen LogP contribution in [0.3, 0.4) is 0 Å². The summed E-state index contributed by atoms with van der Waals surface area (Å²) in [7, 11) is 0. The first-order valence-electron chi connectivity index (χ1n) is 5.09. The van der Waals surface area contributed by atoms with E-state index in [0.717, 1.165) is 0 Å². The lowest BCUT2D eigenvalue weighted by Crippen LogP contribution is -2.34. The van der Waals surface area contributed by atoms with Crippen LogP contribution in [0, 0.1) is 5.82 Å². The zero-order valence-corrected chi connectivity index (χ0v) is 9.38. The zero-order chi connectivity index (χ0) is 12.1. The number of amides is 2. The van der Waals surface area contributed by atoms with Gasteiger partial charge in [0.15, 0.2) is 0 Å². The molecule has 0 heterocycles. The van der Waals surface area contributed by atoms with Gasteiger partial charge in [-0.2, -0.15) is 0 Å². The van der Waals surface area contributed by atoms with Crippen molar-refractivity contribution >= 4 is 11.7 Å². The van der Waals surface area contributed by atoms with Crippen molar-refractivity contribution in [3.8, 4) is 0 Å². The normalized spacial score (nSPS) is 10.3. The molecule has 0 aliphatic heterocycles. The summed E-state index contributed by atoms with van der Waals surface area (Å²) in [6.07, 6.45) is 0. The highest BCUT2D eigenvalue weighted by Gasteiger charge is 2.05. The van der Waals surface area contributed by atoms with Gasteiger partial charge in [0.25, 0.3) is 0 Å². The molecule has 0 saturated heterocycles. The Labute approximate surface area is 94.0 Å². The summed E-state index contributed by atoms with van der Waals surface area (Å²) in [5.41, 5.74) is 6.27. The van der Waals surface area contributed by atoms with E-state index in [2.05, 4.69) is 10.6 Å². The van der Waals surface area contributed by atoms with Crippen molar-refractivity contribution in [1.82, 2.24) is 5.32 Å². The monoisotopic (exact) mass is 225 g/mol. The molecule has 0 radical (unpaired) electrons. The Balaban J connectivity index is 2.71. The maximum atomic E-state index is 13.1. The van der Waals surface area contributed by atoms with Gasteiger partial charge in [-0.1, -0.05) is 0 Å². The van der Waals surface area contributed by atoms with Gasteiger partial charge in [0.1, 0.15) is 5.82 Å². The molecule has 0 saturated carbocycles.